The summed E-state index contributed by atoms with van der Waals surface area (Å²) in [6.07, 6.45) is 3.67. The van der Waals surface area contributed by atoms with Gasteiger partial charge in [-0.15, -0.1) is 0 Å². The van der Waals surface area contributed by atoms with E-state index < -0.39 is 0 Å². The van der Waals surface area contributed by atoms with Crippen LogP contribution in [0, 0.1) is 5.41 Å². The van der Waals surface area contributed by atoms with Crippen LogP contribution in [0.1, 0.15) is 0 Å². The van der Waals surface area contributed by atoms with Crippen molar-refractivity contribution in [3.05, 3.63) is 194 Å². The molecule has 1 N–H and O–H groups in total. The van der Waals surface area contributed by atoms with E-state index in [0.717, 1.165) is 82.4 Å². The van der Waals surface area contributed by atoms with Gasteiger partial charge < -0.3 is 9.13 Å². The number of amidine groups is 1. The molecule has 0 saturated heterocycles. The Bertz CT molecular complexity index is 3950. The van der Waals surface area contributed by atoms with Crippen LogP contribution >= 0.6 is 0 Å². The lowest BCUT2D eigenvalue weighted by molar-refractivity contribution is 0.824. The van der Waals surface area contributed by atoms with Crippen molar-refractivity contribution < 1.29 is 0 Å². The third-order valence-corrected chi connectivity index (χ3v) is 12.6. The van der Waals surface area contributed by atoms with Gasteiger partial charge in [-0.3, -0.25) is 19.7 Å². The molecule has 0 spiro atoms. The van der Waals surface area contributed by atoms with Crippen molar-refractivity contribution in [3.63, 3.8) is 0 Å². The number of hydrogen-bond acceptors (Lipinski definition) is 3. The summed E-state index contributed by atoms with van der Waals surface area (Å²) in [6, 6.07) is 64.5. The van der Waals surface area contributed by atoms with Crippen LogP contribution in [0.2, 0.25) is 0 Å². The van der Waals surface area contributed by atoms with Crippen molar-refractivity contribution in [1.82, 2.24) is 18.4 Å². The van der Waals surface area contributed by atoms with Crippen LogP contribution in [0.15, 0.2) is 204 Å². The molecule has 0 radical (unpaired) electrons. The van der Waals surface area contributed by atoms with Gasteiger partial charge in [0, 0.05) is 61.5 Å². The van der Waals surface area contributed by atoms with Crippen molar-refractivity contribution >= 4 is 105 Å². The highest BCUT2D eigenvalue weighted by atomic mass is 15.5. The summed E-state index contributed by atoms with van der Waals surface area (Å²) in [4.78, 5) is 10.0. The number of aromatic nitrogens is 4. The lowest BCUT2D eigenvalue weighted by atomic mass is 10.1. The van der Waals surface area contributed by atoms with Crippen LogP contribution in [0.3, 0.4) is 0 Å². The Labute approximate surface area is 354 Å². The van der Waals surface area contributed by atoms with E-state index in [4.69, 9.17) is 15.4 Å². The molecule has 0 bridgehead atoms. The first-order valence-corrected chi connectivity index (χ1v) is 20.8. The summed E-state index contributed by atoms with van der Waals surface area (Å²) >= 11 is 0. The minimum absolute atomic E-state index is 0.0963. The highest BCUT2D eigenvalue weighted by Crippen LogP contribution is 2.41. The van der Waals surface area contributed by atoms with Crippen molar-refractivity contribution in [2.24, 2.45) is 9.98 Å². The van der Waals surface area contributed by atoms with Crippen LogP contribution in [-0.4, -0.2) is 43.3 Å². The molecule has 13 rings (SSSR count). The highest BCUT2D eigenvalue weighted by Gasteiger charge is 2.25. The van der Waals surface area contributed by atoms with E-state index in [2.05, 4.69) is 205 Å². The fourth-order valence-corrected chi connectivity index (χ4v) is 10.0. The van der Waals surface area contributed by atoms with Gasteiger partial charge >= 0.3 is 0 Å². The molecule has 0 unspecified atom stereocenters. The number of aliphatic imine (C=N–C) groups is 2. The Hall–Kier alpha value is -8.49. The smallest absolute Gasteiger partial charge is 0.172 e. The van der Waals surface area contributed by atoms with E-state index in [9.17, 15) is 0 Å². The Morgan fingerprint density at radius 2 is 0.887 bits per heavy atom. The van der Waals surface area contributed by atoms with Crippen molar-refractivity contribution in [2.45, 2.75) is 0 Å². The highest BCUT2D eigenvalue weighted by molar-refractivity contribution is 6.40. The van der Waals surface area contributed by atoms with E-state index in [1.807, 2.05) is 13.2 Å². The number of para-hydroxylation sites is 6. The van der Waals surface area contributed by atoms with Gasteiger partial charge in [0.05, 0.1) is 56.5 Å². The molecule has 292 valence electrons. The van der Waals surface area contributed by atoms with Gasteiger partial charge in [0.25, 0.3) is 0 Å². The molecule has 4 aromatic heterocycles. The second-order valence-electron chi connectivity index (χ2n) is 16.0. The van der Waals surface area contributed by atoms with E-state index >= 15 is 0 Å². The number of nitrogens with one attached hydrogen (secondary N) is 1. The Balaban J connectivity index is 1.04. The summed E-state index contributed by atoms with van der Waals surface area (Å²) in [5.41, 5.74) is 11.4. The van der Waals surface area contributed by atoms with Crippen LogP contribution in [0.5, 0.6) is 0 Å². The van der Waals surface area contributed by atoms with Crippen LogP contribution in [0.4, 0.5) is 0 Å². The molecule has 1 aliphatic heterocycles. The molecule has 0 amide bonds. The first-order valence-electron chi connectivity index (χ1n) is 20.8. The second kappa shape index (κ2) is 13.0. The quantitative estimate of drug-likeness (QED) is 0.189. The summed E-state index contributed by atoms with van der Waals surface area (Å²) in [7, 11) is 2.03. The molecule has 8 nitrogen and oxygen atoms in total. The fourth-order valence-electron chi connectivity index (χ4n) is 10.0. The number of hydrogen-bond donors (Lipinski definition) is 1. The molecule has 0 aliphatic carbocycles. The van der Waals surface area contributed by atoms with Gasteiger partial charge in [0.15, 0.2) is 11.7 Å². The van der Waals surface area contributed by atoms with Crippen molar-refractivity contribution in [2.75, 3.05) is 12.1 Å². The standard InChI is InChI=1S/C54H36N8/c1-58(62-48-27-15-11-23-39(48)43-30-49-42(31-50(43)62)38-22-10-12-24-45(38)59(49)34-16-4-2-5-17-34)33-44-54(55)56-32-51(57-44)61-47-26-14-9-21-37(47)41-29-28-40-36-20-8-13-25-46(36)60(52(40)53(41)61)35-18-6-3-7-19-35/h2-33,55H,1H3/b44-33+,55-54?. The molecular weight excluding hydrogens is 761 g/mol. The zero-order valence-corrected chi connectivity index (χ0v) is 33.6. The largest absolute Gasteiger partial charge is 0.309 e. The minimum Gasteiger partial charge on any atom is -0.309 e. The van der Waals surface area contributed by atoms with Crippen LogP contribution < -0.4 is 5.01 Å². The van der Waals surface area contributed by atoms with E-state index in [-0.39, 0.29) is 5.84 Å². The zero-order chi connectivity index (χ0) is 41.1. The molecule has 8 heteroatoms. The SMILES string of the molecule is CN(/C=C1/N=C(n2c3ccccc3c3ccc4c5ccccc5n(-c5ccccc5)c4c32)C=NC1=N)n1c2ccccc2c2cc3c(cc21)c1ccccc1n3-c1ccccc1. The van der Waals surface area contributed by atoms with E-state index in [1.54, 1.807) is 6.21 Å². The number of rotatable bonds is 4. The summed E-state index contributed by atoms with van der Waals surface area (Å²) in [6.45, 7) is 0. The Kier molecular flexibility index (Phi) is 7.21. The van der Waals surface area contributed by atoms with Gasteiger partial charge in [-0.2, -0.15) is 0 Å². The maximum Gasteiger partial charge on any atom is 0.172 e. The number of fused-ring (bicyclic) bond motifs is 13. The molecule has 0 atom stereocenters. The predicted octanol–water partition coefficient (Wildman–Crippen LogP) is 12.5. The zero-order valence-electron chi connectivity index (χ0n) is 33.6. The van der Waals surface area contributed by atoms with Gasteiger partial charge in [-0.25, -0.2) is 9.98 Å². The molecule has 1 aliphatic rings. The number of nitrogens with zero attached hydrogens (tertiary/aromatic N) is 7. The van der Waals surface area contributed by atoms with E-state index in [0.29, 0.717) is 11.5 Å². The monoisotopic (exact) mass is 796 g/mol. The van der Waals surface area contributed by atoms with Gasteiger partial charge in [0.2, 0.25) is 0 Å². The lowest BCUT2D eigenvalue weighted by Crippen LogP contribution is -2.26. The average molecular weight is 797 g/mol. The summed E-state index contributed by atoms with van der Waals surface area (Å²) in [5.74, 6) is 0.737. The second-order valence-corrected chi connectivity index (χ2v) is 16.0. The predicted molar refractivity (Wildman–Crippen MR) is 259 cm³/mol. The molecule has 8 aromatic carbocycles. The third kappa shape index (κ3) is 4.80. The van der Waals surface area contributed by atoms with E-state index in [1.165, 1.54) is 16.2 Å². The normalized spacial score (nSPS) is 14.0. The van der Waals surface area contributed by atoms with Crippen molar-refractivity contribution in [3.8, 4) is 11.4 Å². The molecular formula is C54H36N8. The maximum atomic E-state index is 9.14. The van der Waals surface area contributed by atoms with Crippen LogP contribution in [-0.2, 0) is 0 Å². The Morgan fingerprint density at radius 1 is 0.435 bits per heavy atom. The minimum atomic E-state index is 0.0963. The van der Waals surface area contributed by atoms with Crippen molar-refractivity contribution in [1.29, 1.82) is 5.41 Å². The molecule has 0 saturated carbocycles. The first kappa shape index (κ1) is 34.4. The van der Waals surface area contributed by atoms with Gasteiger partial charge in [-0.05, 0) is 60.7 Å². The third-order valence-electron chi connectivity index (χ3n) is 12.6. The molecule has 62 heavy (non-hydrogen) atoms. The first-order chi connectivity index (χ1) is 30.6. The van der Waals surface area contributed by atoms with Crippen LogP contribution in [0.25, 0.3) is 98.6 Å². The maximum absolute atomic E-state index is 9.14. The summed E-state index contributed by atoms with van der Waals surface area (Å²) in [5, 5.41) is 20.4. The topological polar surface area (TPSA) is 71.5 Å². The molecule has 12 aromatic rings. The molecule has 5 heterocycles. The molecule has 0 fully saturated rings. The average Bonchev–Trinajstić information content (AvgIpc) is 4.04. The van der Waals surface area contributed by atoms with Gasteiger partial charge in [-0.1, -0.05) is 121 Å². The lowest BCUT2D eigenvalue weighted by Gasteiger charge is -2.21. The fraction of sp³-hybridized carbons (Fsp3) is 0.0185. The van der Waals surface area contributed by atoms with Gasteiger partial charge in [0.1, 0.15) is 5.70 Å². The number of benzene rings is 8. The Morgan fingerprint density at radius 3 is 1.52 bits per heavy atom. The summed E-state index contributed by atoms with van der Waals surface area (Å²) < 4.78 is 9.19.